The third-order valence-corrected chi connectivity index (χ3v) is 4.87. The highest BCUT2D eigenvalue weighted by atomic mass is 32.2. The molecule has 0 heterocycles. The normalized spacial score (nSPS) is 10.2. The molecule has 1 amide bonds. The molecular weight excluding hydrogens is 388 g/mol. The van der Waals surface area contributed by atoms with E-state index in [4.69, 9.17) is 14.7 Å². The van der Waals surface area contributed by atoms with E-state index in [2.05, 4.69) is 5.32 Å². The minimum absolute atomic E-state index is 0.364. The van der Waals surface area contributed by atoms with Crippen LogP contribution in [0.5, 0.6) is 5.75 Å². The SMILES string of the molecule is COc1ccc(C(=O)OCC(=O)Nc2ccc(SC#N)cc2C)c2ccccc12. The van der Waals surface area contributed by atoms with Crippen molar-refractivity contribution in [1.82, 2.24) is 0 Å². The molecule has 0 unspecified atom stereocenters. The number of thioether (sulfide) groups is 1. The Morgan fingerprint density at radius 3 is 2.55 bits per heavy atom. The number of hydrogen-bond donors (Lipinski definition) is 1. The molecule has 29 heavy (non-hydrogen) atoms. The molecule has 7 heteroatoms. The summed E-state index contributed by atoms with van der Waals surface area (Å²) in [4.78, 5) is 25.5. The summed E-state index contributed by atoms with van der Waals surface area (Å²) in [5.74, 6) is -0.375. The van der Waals surface area contributed by atoms with E-state index >= 15 is 0 Å². The van der Waals surface area contributed by atoms with Gasteiger partial charge in [0.15, 0.2) is 6.61 Å². The summed E-state index contributed by atoms with van der Waals surface area (Å²) in [6.45, 7) is 1.42. The quantitative estimate of drug-likeness (QED) is 0.368. The third kappa shape index (κ3) is 4.68. The van der Waals surface area contributed by atoms with E-state index in [1.165, 1.54) is 0 Å². The molecule has 3 aromatic carbocycles. The monoisotopic (exact) mass is 406 g/mol. The van der Waals surface area contributed by atoms with Gasteiger partial charge in [0, 0.05) is 16.0 Å². The fourth-order valence-electron chi connectivity index (χ4n) is 2.92. The number of hydrogen-bond acceptors (Lipinski definition) is 6. The second-order valence-electron chi connectivity index (χ2n) is 6.16. The van der Waals surface area contributed by atoms with Crippen molar-refractivity contribution in [2.45, 2.75) is 11.8 Å². The number of thiocyanates is 1. The maximum atomic E-state index is 12.5. The third-order valence-electron chi connectivity index (χ3n) is 4.29. The first-order valence-electron chi connectivity index (χ1n) is 8.72. The van der Waals surface area contributed by atoms with Gasteiger partial charge in [-0.15, -0.1) is 0 Å². The van der Waals surface area contributed by atoms with Gasteiger partial charge in [0.25, 0.3) is 5.91 Å². The number of benzene rings is 3. The highest BCUT2D eigenvalue weighted by molar-refractivity contribution is 8.03. The number of fused-ring (bicyclic) bond motifs is 1. The number of anilines is 1. The molecule has 6 nitrogen and oxygen atoms in total. The molecule has 0 saturated heterocycles. The minimum atomic E-state index is -0.587. The zero-order valence-corrected chi connectivity index (χ0v) is 16.7. The first-order chi connectivity index (χ1) is 14.0. The molecule has 146 valence electrons. The van der Waals surface area contributed by atoms with E-state index in [9.17, 15) is 9.59 Å². The van der Waals surface area contributed by atoms with Gasteiger partial charge in [-0.05, 0) is 60.0 Å². The van der Waals surface area contributed by atoms with E-state index in [-0.39, 0.29) is 0 Å². The van der Waals surface area contributed by atoms with E-state index in [1.807, 2.05) is 30.5 Å². The predicted molar refractivity (Wildman–Crippen MR) is 112 cm³/mol. The maximum absolute atomic E-state index is 12.5. The average molecular weight is 406 g/mol. The number of rotatable bonds is 6. The lowest BCUT2D eigenvalue weighted by atomic mass is 10.0. The largest absolute Gasteiger partial charge is 0.496 e. The van der Waals surface area contributed by atoms with Crippen molar-refractivity contribution in [2.24, 2.45) is 0 Å². The van der Waals surface area contributed by atoms with Gasteiger partial charge in [0.2, 0.25) is 0 Å². The van der Waals surface area contributed by atoms with Crippen LogP contribution in [0.1, 0.15) is 15.9 Å². The summed E-state index contributed by atoms with van der Waals surface area (Å²) < 4.78 is 10.5. The van der Waals surface area contributed by atoms with Crippen LogP contribution in [-0.4, -0.2) is 25.6 Å². The highest BCUT2D eigenvalue weighted by Gasteiger charge is 2.16. The van der Waals surface area contributed by atoms with Crippen LogP contribution in [-0.2, 0) is 9.53 Å². The lowest BCUT2D eigenvalue weighted by Crippen LogP contribution is -2.21. The molecule has 0 radical (unpaired) electrons. The van der Waals surface area contributed by atoms with Crippen LogP contribution in [0.4, 0.5) is 5.69 Å². The fraction of sp³-hybridized carbons (Fsp3) is 0.136. The van der Waals surface area contributed by atoms with Crippen LogP contribution in [0.2, 0.25) is 0 Å². The Bertz CT molecular complexity index is 1120. The fourth-order valence-corrected chi connectivity index (χ4v) is 3.39. The number of methoxy groups -OCH3 is 1. The molecular formula is C22H18N2O4S. The summed E-state index contributed by atoms with van der Waals surface area (Å²) in [6, 6.07) is 15.9. The van der Waals surface area contributed by atoms with Crippen LogP contribution in [0.25, 0.3) is 10.8 Å². The van der Waals surface area contributed by atoms with E-state index < -0.39 is 18.5 Å². The predicted octanol–water partition coefficient (Wildman–Crippen LogP) is 4.53. The second-order valence-corrected chi connectivity index (χ2v) is 7.01. The molecule has 0 saturated carbocycles. The van der Waals surface area contributed by atoms with Crippen molar-refractivity contribution in [1.29, 1.82) is 5.26 Å². The number of carbonyl (C=O) groups excluding carboxylic acids is 2. The average Bonchev–Trinajstić information content (AvgIpc) is 2.73. The van der Waals surface area contributed by atoms with Gasteiger partial charge in [0.1, 0.15) is 11.2 Å². The number of nitriles is 1. The summed E-state index contributed by atoms with van der Waals surface area (Å²) >= 11 is 1.05. The van der Waals surface area contributed by atoms with E-state index in [0.717, 1.165) is 27.6 Å². The first kappa shape index (κ1) is 20.2. The Balaban J connectivity index is 1.68. The van der Waals surface area contributed by atoms with Crippen molar-refractivity contribution in [3.8, 4) is 11.2 Å². The zero-order chi connectivity index (χ0) is 20.8. The van der Waals surface area contributed by atoms with Gasteiger partial charge in [0.05, 0.1) is 12.7 Å². The molecule has 0 aliphatic heterocycles. The van der Waals surface area contributed by atoms with E-state index in [1.54, 1.807) is 43.5 Å². The van der Waals surface area contributed by atoms with Gasteiger partial charge in [-0.2, -0.15) is 5.26 Å². The van der Waals surface area contributed by atoms with Gasteiger partial charge >= 0.3 is 5.97 Å². The van der Waals surface area contributed by atoms with Crippen molar-refractivity contribution < 1.29 is 19.1 Å². The van der Waals surface area contributed by atoms with Gasteiger partial charge < -0.3 is 14.8 Å². The van der Waals surface area contributed by atoms with Crippen LogP contribution in [0.15, 0.2) is 59.5 Å². The topological polar surface area (TPSA) is 88.4 Å². The van der Waals surface area contributed by atoms with Gasteiger partial charge in [-0.3, -0.25) is 4.79 Å². The van der Waals surface area contributed by atoms with Crippen LogP contribution >= 0.6 is 11.8 Å². The van der Waals surface area contributed by atoms with Crippen LogP contribution in [0.3, 0.4) is 0 Å². The zero-order valence-electron chi connectivity index (χ0n) is 15.9. The summed E-state index contributed by atoms with van der Waals surface area (Å²) in [7, 11) is 1.57. The standard InChI is InChI=1S/C22H18N2O4S/c1-14-11-15(29-13-23)7-9-19(14)24-21(25)12-28-22(26)18-8-10-20(27-2)17-6-4-3-5-16(17)18/h3-11H,12H2,1-2H3,(H,24,25). The lowest BCUT2D eigenvalue weighted by molar-refractivity contribution is -0.119. The lowest BCUT2D eigenvalue weighted by Gasteiger charge is -2.11. The van der Waals surface area contributed by atoms with Crippen LogP contribution < -0.4 is 10.1 Å². The Morgan fingerprint density at radius 1 is 1.10 bits per heavy atom. The molecule has 0 spiro atoms. The molecule has 0 aliphatic rings. The Kier molecular flexibility index (Phi) is 6.37. The molecule has 3 rings (SSSR count). The minimum Gasteiger partial charge on any atom is -0.496 e. The van der Waals surface area contributed by atoms with Gasteiger partial charge in [-0.1, -0.05) is 24.3 Å². The Morgan fingerprint density at radius 2 is 1.86 bits per heavy atom. The molecule has 0 aliphatic carbocycles. The number of amides is 1. The number of carbonyl (C=O) groups is 2. The van der Waals surface area contributed by atoms with E-state index in [0.29, 0.717) is 22.4 Å². The maximum Gasteiger partial charge on any atom is 0.339 e. The number of ether oxygens (including phenoxy) is 2. The second kappa shape index (κ2) is 9.13. The smallest absolute Gasteiger partial charge is 0.339 e. The first-order valence-corrected chi connectivity index (χ1v) is 9.54. The van der Waals surface area contributed by atoms with Crippen molar-refractivity contribution >= 4 is 40.1 Å². The molecule has 3 aromatic rings. The summed E-state index contributed by atoms with van der Waals surface area (Å²) in [5, 5.41) is 14.9. The molecule has 1 N–H and O–H groups in total. The summed E-state index contributed by atoms with van der Waals surface area (Å²) in [6.07, 6.45) is 0. The van der Waals surface area contributed by atoms with Crippen molar-refractivity contribution in [3.05, 3.63) is 65.7 Å². The van der Waals surface area contributed by atoms with Crippen LogP contribution in [0, 0.1) is 17.6 Å². The van der Waals surface area contributed by atoms with Crippen molar-refractivity contribution in [3.63, 3.8) is 0 Å². The molecule has 0 atom stereocenters. The Labute approximate surface area is 172 Å². The Hall–Kier alpha value is -3.50. The van der Waals surface area contributed by atoms with Crippen molar-refractivity contribution in [2.75, 3.05) is 19.0 Å². The molecule has 0 aromatic heterocycles. The number of nitrogens with zero attached hydrogens (tertiary/aromatic N) is 1. The number of aryl methyl sites for hydroxylation is 1. The number of esters is 1. The van der Waals surface area contributed by atoms with Gasteiger partial charge in [-0.25, -0.2) is 4.79 Å². The molecule has 0 fully saturated rings. The number of nitrogens with one attached hydrogen (secondary N) is 1. The highest BCUT2D eigenvalue weighted by Crippen LogP contribution is 2.28. The molecule has 0 bridgehead atoms. The summed E-state index contributed by atoms with van der Waals surface area (Å²) in [5.41, 5.74) is 1.78.